The van der Waals surface area contributed by atoms with Gasteiger partial charge in [0, 0.05) is 4.47 Å². The molecule has 0 fully saturated rings. The molecule has 0 saturated carbocycles. The molecule has 0 nitrogen and oxygen atoms in total. The summed E-state index contributed by atoms with van der Waals surface area (Å²) in [4.78, 5) is 0. The van der Waals surface area contributed by atoms with E-state index in [4.69, 9.17) is 0 Å². The van der Waals surface area contributed by atoms with E-state index in [1.165, 1.54) is 30.1 Å². The summed E-state index contributed by atoms with van der Waals surface area (Å²) >= 11 is 5.39. The summed E-state index contributed by atoms with van der Waals surface area (Å²) in [5, 5.41) is 1.34. The van der Waals surface area contributed by atoms with E-state index in [2.05, 4.69) is 40.6 Å². The predicted octanol–water partition coefficient (Wildman–Crippen LogP) is 3.96. The number of hydrogen-bond donors (Lipinski definition) is 0. The minimum atomic E-state index is -0.201. The molecule has 13 heavy (non-hydrogen) atoms. The van der Waals surface area contributed by atoms with Crippen molar-refractivity contribution in [2.45, 2.75) is 24.9 Å². The quantitative estimate of drug-likeness (QED) is 0.685. The summed E-state index contributed by atoms with van der Waals surface area (Å²) in [5.41, 5.74) is 0. The van der Waals surface area contributed by atoms with Crippen molar-refractivity contribution >= 4 is 33.6 Å². The molecule has 0 atom stereocenters. The minimum absolute atomic E-state index is 0.201. The summed E-state index contributed by atoms with van der Waals surface area (Å²) in [5.74, 6) is -0.201. The van der Waals surface area contributed by atoms with Crippen LogP contribution in [0.25, 0.3) is 0 Å². The molecule has 0 unspecified atom stereocenters. The number of hydrogen-bond acceptors (Lipinski definition) is 0. The first-order valence-electron chi connectivity index (χ1n) is 4.61. The van der Waals surface area contributed by atoms with Gasteiger partial charge >= 0.3 is 42.6 Å². The molecule has 0 radical (unpaired) electrons. The van der Waals surface area contributed by atoms with Crippen LogP contribution >= 0.6 is 15.9 Å². The monoisotopic (exact) mass is 238 g/mol. The number of benzene rings is 1. The number of unbranched alkanes of at least 4 members (excludes halogenated alkanes) is 1. The Balaban J connectivity index is 0.000000252. The maximum absolute atomic E-state index is 12.1. The van der Waals surface area contributed by atoms with Gasteiger partial charge in [0.2, 0.25) is 0 Å². The van der Waals surface area contributed by atoms with Gasteiger partial charge in [-0.25, -0.2) is 4.39 Å². The average Bonchev–Trinajstić information content (AvgIpc) is 2.13. The Morgan fingerprint density at radius 2 is 1.85 bits per heavy atom. The molecule has 1 aromatic rings. The summed E-state index contributed by atoms with van der Waals surface area (Å²) in [6.07, 6.45) is 2.73. The van der Waals surface area contributed by atoms with Gasteiger partial charge in [-0.05, 0) is 24.3 Å². The van der Waals surface area contributed by atoms with Crippen molar-refractivity contribution in [1.82, 2.24) is 0 Å². The predicted molar refractivity (Wildman–Crippen MR) is 59.6 cm³/mol. The van der Waals surface area contributed by atoms with Crippen molar-refractivity contribution < 1.29 is 4.39 Å². The summed E-state index contributed by atoms with van der Waals surface area (Å²) in [6.45, 7) is 2.21. The zero-order valence-electron chi connectivity index (χ0n) is 8.19. The van der Waals surface area contributed by atoms with E-state index in [-0.39, 0.29) is 5.82 Å². The molecule has 0 spiro atoms. The van der Waals surface area contributed by atoms with Crippen molar-refractivity contribution in [3.8, 4) is 0 Å². The van der Waals surface area contributed by atoms with Gasteiger partial charge in [-0.1, -0.05) is 15.9 Å². The zero-order chi connectivity index (χ0) is 10.1. The molecule has 0 aliphatic carbocycles. The normalized spacial score (nSPS) is 9.00. The van der Waals surface area contributed by atoms with Gasteiger partial charge in [0.05, 0.1) is 0 Å². The Kier molecular flexibility index (Phi) is 8.96. The molecule has 0 N–H and O–H groups in total. The number of halogens is 2. The maximum atomic E-state index is 12.1. The first kappa shape index (κ1) is 13.2. The third-order valence-electron chi connectivity index (χ3n) is 1.51. The fraction of sp³-hybridized carbons (Fsp3) is 0.400. The van der Waals surface area contributed by atoms with E-state index in [1.54, 1.807) is 12.1 Å². The topological polar surface area (TPSA) is 0 Å². The van der Waals surface area contributed by atoms with Crippen molar-refractivity contribution in [3.05, 3.63) is 34.6 Å². The van der Waals surface area contributed by atoms with Crippen LogP contribution in [0, 0.1) is 5.82 Å². The molecular weight excluding hydrogens is 226 g/mol. The van der Waals surface area contributed by atoms with Crippen molar-refractivity contribution in [2.24, 2.45) is 0 Å². The van der Waals surface area contributed by atoms with E-state index in [1.807, 2.05) is 0 Å². The van der Waals surface area contributed by atoms with Gasteiger partial charge in [0.25, 0.3) is 0 Å². The Morgan fingerprint density at radius 3 is 2.08 bits per heavy atom. The molecule has 0 aromatic heterocycles. The molecule has 1 aromatic carbocycles. The number of rotatable bonds is 2. The van der Waals surface area contributed by atoms with Crippen LogP contribution in [0.2, 0.25) is 5.09 Å². The molecule has 1 rings (SSSR count). The summed E-state index contributed by atoms with van der Waals surface area (Å²) < 4.78 is 13.0. The van der Waals surface area contributed by atoms with Crippen LogP contribution < -0.4 is 0 Å². The Hall–Kier alpha value is 0.227. The third kappa shape index (κ3) is 8.55. The molecule has 0 amide bonds. The second kappa shape index (κ2) is 8.81. The van der Waals surface area contributed by atoms with Crippen molar-refractivity contribution in [1.29, 1.82) is 0 Å². The van der Waals surface area contributed by atoms with Crippen molar-refractivity contribution in [2.75, 3.05) is 0 Å². The molecule has 3 heteroatoms. The Bertz CT molecular complexity index is 188. The second-order valence-electron chi connectivity index (χ2n) is 2.79. The van der Waals surface area contributed by atoms with Crippen LogP contribution in [-0.2, 0) is 0 Å². The summed E-state index contributed by atoms with van der Waals surface area (Å²) in [6, 6.07) is 6.14. The van der Waals surface area contributed by atoms with Gasteiger partial charge in [-0.15, -0.1) is 0 Å². The van der Waals surface area contributed by atoms with Crippen molar-refractivity contribution in [3.63, 3.8) is 0 Å². The molecule has 0 aliphatic heterocycles. The van der Waals surface area contributed by atoms with Crippen LogP contribution in [0.15, 0.2) is 28.7 Å². The SMILES string of the molecule is Fc1ccc(Br)cc1.[Li][CH2]CCC. The fourth-order valence-electron chi connectivity index (χ4n) is 0.783. The van der Waals surface area contributed by atoms with Gasteiger partial charge in [-0.3, -0.25) is 0 Å². The van der Waals surface area contributed by atoms with Gasteiger partial charge < -0.3 is 0 Å². The fourth-order valence-corrected chi connectivity index (χ4v) is 1.05. The zero-order valence-corrected chi connectivity index (χ0v) is 9.77. The van der Waals surface area contributed by atoms with Crippen LogP contribution in [0.5, 0.6) is 0 Å². The molecule has 0 aliphatic rings. The third-order valence-corrected chi connectivity index (χ3v) is 2.04. The molecule has 0 saturated heterocycles. The Morgan fingerprint density at radius 1 is 1.31 bits per heavy atom. The molecular formula is C10H13BrFLi. The van der Waals surface area contributed by atoms with E-state index in [0.29, 0.717) is 0 Å². The average molecular weight is 239 g/mol. The molecule has 68 valence electrons. The van der Waals surface area contributed by atoms with Gasteiger partial charge in [-0.2, -0.15) is 0 Å². The van der Waals surface area contributed by atoms with Gasteiger partial charge in [0.15, 0.2) is 0 Å². The second-order valence-corrected chi connectivity index (χ2v) is 3.71. The van der Waals surface area contributed by atoms with E-state index < -0.39 is 0 Å². The van der Waals surface area contributed by atoms with Crippen LogP contribution in [0.3, 0.4) is 0 Å². The van der Waals surface area contributed by atoms with E-state index >= 15 is 0 Å². The molecule has 0 heterocycles. The molecule has 0 bridgehead atoms. The standard InChI is InChI=1S/C6H4BrF.C4H9.Li/c7-5-1-3-6(8)4-2-5;1-3-4-2;/h1-4H;1,3-4H2,2H3;. The van der Waals surface area contributed by atoms with Gasteiger partial charge in [0.1, 0.15) is 5.82 Å². The van der Waals surface area contributed by atoms with Crippen LogP contribution in [0.1, 0.15) is 19.8 Å². The van der Waals surface area contributed by atoms with Crippen LogP contribution in [0.4, 0.5) is 4.39 Å². The first-order chi connectivity index (χ1) is 6.20. The first-order valence-corrected chi connectivity index (χ1v) is 5.41. The van der Waals surface area contributed by atoms with E-state index in [9.17, 15) is 4.39 Å². The van der Waals surface area contributed by atoms with Crippen LogP contribution in [-0.4, -0.2) is 17.7 Å². The Labute approximate surface area is 97.3 Å². The van der Waals surface area contributed by atoms with E-state index in [0.717, 1.165) is 4.47 Å². The summed E-state index contributed by atoms with van der Waals surface area (Å²) in [7, 11) is 0.